The summed E-state index contributed by atoms with van der Waals surface area (Å²) in [6.07, 6.45) is -5.22. The monoisotopic (exact) mass is 493 g/mol. The van der Waals surface area contributed by atoms with Gasteiger partial charge < -0.3 is 15.2 Å². The van der Waals surface area contributed by atoms with E-state index in [0.29, 0.717) is 24.7 Å². The maximum absolute atomic E-state index is 13.2. The van der Waals surface area contributed by atoms with E-state index in [1.165, 1.54) is 38.1 Å². The Kier molecular flexibility index (Phi) is 6.41. The molecule has 1 aromatic carbocycles. The van der Waals surface area contributed by atoms with Gasteiger partial charge in [-0.05, 0) is 51.0 Å². The van der Waals surface area contributed by atoms with Crippen molar-refractivity contribution in [3.05, 3.63) is 36.0 Å². The van der Waals surface area contributed by atoms with Crippen molar-refractivity contribution >= 4 is 29.2 Å². The normalized spacial score (nSPS) is 19.9. The summed E-state index contributed by atoms with van der Waals surface area (Å²) < 4.78 is 86.0. The van der Waals surface area contributed by atoms with Crippen LogP contribution in [0.1, 0.15) is 32.3 Å². The van der Waals surface area contributed by atoms with Crippen LogP contribution < -0.4 is 10.1 Å². The minimum Gasteiger partial charge on any atom is -0.471 e. The molecule has 32 heavy (non-hydrogen) atoms. The van der Waals surface area contributed by atoms with E-state index in [9.17, 15) is 26.7 Å². The molecule has 0 aliphatic heterocycles. The van der Waals surface area contributed by atoms with Gasteiger partial charge in [0.1, 0.15) is 20.4 Å². The number of aliphatic hydroxyl groups is 1. The molecular weight excluding hydrogens is 471 g/mol. The van der Waals surface area contributed by atoms with Crippen LogP contribution in [-0.2, 0) is 23.7 Å². The molecule has 14 heteroatoms. The summed E-state index contributed by atoms with van der Waals surface area (Å²) in [6, 6.07) is 5.27. The van der Waals surface area contributed by atoms with Gasteiger partial charge in [0.2, 0.25) is 11.8 Å². The van der Waals surface area contributed by atoms with Crippen LogP contribution in [0.15, 0.2) is 35.4 Å². The fourth-order valence-corrected chi connectivity index (χ4v) is 7.38. The lowest BCUT2D eigenvalue weighted by atomic mass is 10.2. The number of nitrogens with zero attached hydrogens (tertiary/aromatic N) is 2. The van der Waals surface area contributed by atoms with Gasteiger partial charge in [0.15, 0.2) is 8.76 Å². The molecule has 0 spiro atoms. The number of halogens is 3. The van der Waals surface area contributed by atoms with Crippen molar-refractivity contribution in [1.82, 2.24) is 9.97 Å². The molecule has 176 valence electrons. The third-order valence-corrected chi connectivity index (χ3v) is 11.2. The Hall–Kier alpha value is -2.45. The van der Waals surface area contributed by atoms with Crippen LogP contribution in [-0.4, -0.2) is 41.0 Å². The Morgan fingerprint density at radius 3 is 2.28 bits per heavy atom. The lowest BCUT2D eigenvalue weighted by Gasteiger charge is -2.20. The van der Waals surface area contributed by atoms with Crippen molar-refractivity contribution in [1.29, 1.82) is 9.56 Å². The van der Waals surface area contributed by atoms with E-state index in [0.717, 1.165) is 0 Å². The number of hydrogen-bond donors (Lipinski definition) is 4. The number of rotatable bonds is 8. The Morgan fingerprint density at radius 1 is 1.19 bits per heavy atom. The second kappa shape index (κ2) is 8.48. The second-order valence-corrected chi connectivity index (χ2v) is 13.5. The first-order valence-corrected chi connectivity index (χ1v) is 13.2. The van der Waals surface area contributed by atoms with E-state index >= 15 is 0 Å². The zero-order valence-corrected chi connectivity index (χ0v) is 18.7. The van der Waals surface area contributed by atoms with Crippen molar-refractivity contribution in [3.8, 4) is 5.88 Å². The summed E-state index contributed by atoms with van der Waals surface area (Å²) in [5.74, 6) is -0.986. The zero-order chi connectivity index (χ0) is 23.9. The first kappa shape index (κ1) is 24.2. The molecule has 0 radical (unpaired) electrons. The molecule has 1 heterocycles. The molecule has 4 N–H and O–H groups in total. The van der Waals surface area contributed by atoms with Crippen molar-refractivity contribution in [3.63, 3.8) is 0 Å². The fourth-order valence-electron chi connectivity index (χ4n) is 2.54. The Bertz CT molecular complexity index is 1200. The van der Waals surface area contributed by atoms with Gasteiger partial charge in [-0.3, -0.25) is 0 Å². The summed E-state index contributed by atoms with van der Waals surface area (Å²) in [7, 11) is -7.48. The number of anilines is 2. The smallest absolute Gasteiger partial charge is 0.423 e. The van der Waals surface area contributed by atoms with E-state index in [2.05, 4.69) is 15.3 Å². The van der Waals surface area contributed by atoms with Gasteiger partial charge in [-0.2, -0.15) is 18.2 Å². The highest BCUT2D eigenvalue weighted by Gasteiger charge is 2.40. The van der Waals surface area contributed by atoms with Crippen LogP contribution >= 0.6 is 0 Å². The molecule has 1 saturated carbocycles. The molecule has 1 aliphatic carbocycles. The van der Waals surface area contributed by atoms with Crippen molar-refractivity contribution < 1.29 is 31.4 Å². The van der Waals surface area contributed by atoms with Gasteiger partial charge in [0.05, 0.1) is 16.2 Å². The molecule has 2 aromatic rings. The first-order valence-electron chi connectivity index (χ1n) is 9.46. The number of benzene rings is 1. The third-order valence-electron chi connectivity index (χ3n) is 4.77. The van der Waals surface area contributed by atoms with Gasteiger partial charge in [-0.1, -0.05) is 0 Å². The van der Waals surface area contributed by atoms with Gasteiger partial charge >= 0.3 is 6.18 Å². The van der Waals surface area contributed by atoms with E-state index in [1.54, 1.807) is 0 Å². The molecule has 0 bridgehead atoms. The topological polar surface area (TPSA) is 149 Å². The quantitative estimate of drug-likeness (QED) is 0.407. The van der Waals surface area contributed by atoms with E-state index < -0.39 is 52.6 Å². The highest BCUT2D eigenvalue weighted by molar-refractivity contribution is 8.68. The number of alkyl halides is 3. The average Bonchev–Trinajstić information content (AvgIpc) is 3.53. The SMILES string of the molecule is C[C@@H](O)[C@@H](C)Oc1nc(Nc2ccc(S(=N)(=O)S(=N)(=O)C3CC3)cc2)ncc1C(F)(F)F. The molecule has 1 aromatic heterocycles. The van der Waals surface area contributed by atoms with Gasteiger partial charge in [0, 0.05) is 11.9 Å². The van der Waals surface area contributed by atoms with Crippen molar-refractivity contribution in [2.75, 3.05) is 5.32 Å². The molecule has 9 nitrogen and oxygen atoms in total. The molecule has 2 unspecified atom stereocenters. The lowest BCUT2D eigenvalue weighted by Crippen LogP contribution is -2.27. The van der Waals surface area contributed by atoms with Crippen LogP contribution in [0.2, 0.25) is 0 Å². The summed E-state index contributed by atoms with van der Waals surface area (Å²) in [5, 5.41) is 11.7. The van der Waals surface area contributed by atoms with Gasteiger partial charge in [0.25, 0.3) is 0 Å². The van der Waals surface area contributed by atoms with Crippen molar-refractivity contribution in [2.24, 2.45) is 0 Å². The summed E-state index contributed by atoms with van der Waals surface area (Å²) in [5.41, 5.74) is -0.911. The maximum Gasteiger partial charge on any atom is 0.423 e. The Balaban J connectivity index is 1.85. The molecule has 4 atom stereocenters. The molecule has 1 aliphatic rings. The number of hydrogen-bond acceptors (Lipinski definition) is 9. The number of aliphatic hydroxyl groups excluding tert-OH is 1. The van der Waals surface area contributed by atoms with Crippen LogP contribution in [0.3, 0.4) is 0 Å². The second-order valence-electron chi connectivity index (χ2n) is 7.37. The summed E-state index contributed by atoms with van der Waals surface area (Å²) in [4.78, 5) is 7.32. The first-order chi connectivity index (χ1) is 14.7. The van der Waals surface area contributed by atoms with E-state index in [4.69, 9.17) is 14.3 Å². The van der Waals surface area contributed by atoms with Crippen LogP contribution in [0.5, 0.6) is 5.88 Å². The number of nitrogens with one attached hydrogen (secondary N) is 3. The predicted octanol–water partition coefficient (Wildman–Crippen LogP) is 3.92. The number of aromatic nitrogens is 2. The lowest BCUT2D eigenvalue weighted by molar-refractivity contribution is -0.140. The standard InChI is InChI=1S/C18H22F3N5O4S2/c1-10(27)11(2)30-16-15(18(19,20)21)9-24-17(26-16)25-12-3-5-13(6-4-12)31(22,28)32(23,29)14-7-8-14/h3-6,9-11,14,22-23,27H,7-8H2,1-2H3,(H,24,25,26)/t10-,11-,31?,32?/m1/s1. The van der Waals surface area contributed by atoms with Crippen LogP contribution in [0.25, 0.3) is 0 Å². The highest BCUT2D eigenvalue weighted by atomic mass is 33.2. The minimum absolute atomic E-state index is 0.0712. The maximum atomic E-state index is 13.2. The number of ether oxygens (including phenoxy) is 1. The molecule has 1 fully saturated rings. The highest BCUT2D eigenvalue weighted by Crippen LogP contribution is 2.37. The van der Waals surface area contributed by atoms with Crippen LogP contribution in [0, 0.1) is 9.56 Å². The fraction of sp³-hybridized carbons (Fsp3) is 0.444. The van der Waals surface area contributed by atoms with Gasteiger partial charge in [-0.15, -0.1) is 0 Å². The Labute approximate surface area is 182 Å². The van der Waals surface area contributed by atoms with Gasteiger partial charge in [-0.25, -0.2) is 23.0 Å². The van der Waals surface area contributed by atoms with Crippen molar-refractivity contribution in [2.45, 2.75) is 55.2 Å². The third kappa shape index (κ3) is 4.96. The summed E-state index contributed by atoms with van der Waals surface area (Å²) in [6.45, 7) is 2.76. The minimum atomic E-state index is -4.77. The van der Waals surface area contributed by atoms with E-state index in [1.807, 2.05) is 0 Å². The Morgan fingerprint density at radius 2 is 1.78 bits per heavy atom. The summed E-state index contributed by atoms with van der Waals surface area (Å²) >= 11 is 0. The molecular formula is C18H22F3N5O4S2. The molecule has 0 saturated heterocycles. The molecule has 0 amide bonds. The van der Waals surface area contributed by atoms with Crippen LogP contribution in [0.4, 0.5) is 24.8 Å². The zero-order valence-electron chi connectivity index (χ0n) is 17.0. The van der Waals surface area contributed by atoms with E-state index in [-0.39, 0.29) is 10.8 Å². The average molecular weight is 494 g/mol. The predicted molar refractivity (Wildman–Crippen MR) is 112 cm³/mol. The molecule has 3 rings (SSSR count). The largest absolute Gasteiger partial charge is 0.471 e.